The molecule has 0 bridgehead atoms. The van der Waals surface area contributed by atoms with E-state index in [0.29, 0.717) is 35.6 Å². The molecular weight excluding hydrogens is 408 g/mol. The van der Waals surface area contributed by atoms with Crippen molar-refractivity contribution in [3.63, 3.8) is 0 Å². The summed E-state index contributed by atoms with van der Waals surface area (Å²) in [5.74, 6) is -0.728. The summed E-state index contributed by atoms with van der Waals surface area (Å²) in [7, 11) is -3.29. The fraction of sp³-hybridized carbons (Fsp3) is 0.478. The molecule has 0 saturated carbocycles. The number of hydrogen-bond acceptors (Lipinski definition) is 4. The van der Waals surface area contributed by atoms with Gasteiger partial charge in [-0.1, -0.05) is 26.0 Å². The molecule has 0 radical (unpaired) electrons. The lowest BCUT2D eigenvalue weighted by atomic mass is 9.96. The summed E-state index contributed by atoms with van der Waals surface area (Å²) in [5.41, 5.74) is 2.36. The van der Waals surface area contributed by atoms with Crippen LogP contribution in [-0.2, 0) is 22.7 Å². The van der Waals surface area contributed by atoms with E-state index in [4.69, 9.17) is 0 Å². The Balaban J connectivity index is 1.65. The third-order valence-corrected chi connectivity index (χ3v) is 7.21. The highest BCUT2D eigenvalue weighted by Crippen LogP contribution is 2.33. The molecule has 2 aromatic rings. The van der Waals surface area contributed by atoms with Gasteiger partial charge in [0.15, 0.2) is 9.84 Å². The number of aryl methyl sites for hydroxylation is 1. The van der Waals surface area contributed by atoms with Crippen molar-refractivity contribution < 1.29 is 22.3 Å². The molecule has 1 heterocycles. The maximum absolute atomic E-state index is 13.3. The van der Waals surface area contributed by atoms with E-state index in [1.807, 2.05) is 12.1 Å². The van der Waals surface area contributed by atoms with Crippen LogP contribution < -0.4 is 5.32 Å². The minimum Gasteiger partial charge on any atom is -0.392 e. The number of sulfone groups is 1. The fourth-order valence-corrected chi connectivity index (χ4v) is 5.57. The molecule has 0 amide bonds. The van der Waals surface area contributed by atoms with Gasteiger partial charge in [-0.05, 0) is 66.5 Å². The van der Waals surface area contributed by atoms with E-state index in [1.54, 1.807) is 6.07 Å². The quantitative estimate of drug-likeness (QED) is 0.656. The first-order valence-electron chi connectivity index (χ1n) is 10.4. The smallest absolute Gasteiger partial charge is 0.178 e. The largest absolute Gasteiger partial charge is 0.392 e. The molecule has 0 aliphatic carbocycles. The Hall–Kier alpha value is -1.83. The van der Waals surface area contributed by atoms with E-state index >= 15 is 0 Å². The highest BCUT2D eigenvalue weighted by atomic mass is 32.2. The molecule has 0 fully saturated rings. The van der Waals surface area contributed by atoms with E-state index in [1.165, 1.54) is 12.1 Å². The van der Waals surface area contributed by atoms with Crippen molar-refractivity contribution in [2.45, 2.75) is 56.6 Å². The number of nitrogens with one attached hydrogen (secondary N) is 1. The Kier molecular flexibility index (Phi) is 7.26. The number of benzene rings is 2. The van der Waals surface area contributed by atoms with Gasteiger partial charge in [0.2, 0.25) is 0 Å². The van der Waals surface area contributed by atoms with Crippen LogP contribution in [0.3, 0.4) is 0 Å². The van der Waals surface area contributed by atoms with Crippen LogP contribution >= 0.6 is 0 Å². The Morgan fingerprint density at radius 3 is 2.47 bits per heavy atom. The first kappa shape index (κ1) is 22.8. The summed E-state index contributed by atoms with van der Waals surface area (Å²) in [4.78, 5) is 0.364. The Bertz CT molecular complexity index is 972. The second-order valence-electron chi connectivity index (χ2n) is 8.51. The minimum absolute atomic E-state index is 0.0693. The average Bonchev–Trinajstić information content (AvgIpc) is 2.64. The van der Waals surface area contributed by atoms with E-state index < -0.39 is 27.6 Å². The lowest BCUT2D eigenvalue weighted by Gasteiger charge is -2.28. The van der Waals surface area contributed by atoms with E-state index in [2.05, 4.69) is 19.2 Å². The van der Waals surface area contributed by atoms with Crippen molar-refractivity contribution in [1.29, 1.82) is 0 Å². The van der Waals surface area contributed by atoms with E-state index in [0.717, 1.165) is 23.6 Å². The lowest BCUT2D eigenvalue weighted by Crippen LogP contribution is -2.35. The van der Waals surface area contributed by atoms with E-state index in [-0.39, 0.29) is 18.3 Å². The number of rotatable bonds is 8. The fourth-order valence-electron chi connectivity index (χ4n) is 3.97. The summed E-state index contributed by atoms with van der Waals surface area (Å²) >= 11 is 0. The van der Waals surface area contributed by atoms with Crippen LogP contribution in [0.25, 0.3) is 0 Å². The molecule has 2 aromatic carbocycles. The zero-order valence-corrected chi connectivity index (χ0v) is 18.2. The molecule has 2 unspecified atom stereocenters. The van der Waals surface area contributed by atoms with E-state index in [9.17, 15) is 22.3 Å². The van der Waals surface area contributed by atoms with Gasteiger partial charge in [0.25, 0.3) is 0 Å². The Labute approximate surface area is 177 Å². The summed E-state index contributed by atoms with van der Waals surface area (Å²) < 4.78 is 51.5. The second kappa shape index (κ2) is 9.54. The molecule has 1 aliphatic rings. The molecule has 2 N–H and O–H groups in total. The number of halogens is 2. The Morgan fingerprint density at radius 1 is 1.10 bits per heavy atom. The first-order valence-corrected chi connectivity index (χ1v) is 12.0. The van der Waals surface area contributed by atoms with Gasteiger partial charge in [-0.2, -0.15) is 0 Å². The summed E-state index contributed by atoms with van der Waals surface area (Å²) in [5, 5.41) is 13.6. The van der Waals surface area contributed by atoms with Crippen LogP contribution in [0, 0.1) is 17.6 Å². The lowest BCUT2D eigenvalue weighted by molar-refractivity contribution is 0.157. The minimum atomic E-state index is -3.29. The van der Waals surface area contributed by atoms with Crippen LogP contribution in [0.15, 0.2) is 41.3 Å². The molecule has 164 valence electrons. The molecule has 1 aliphatic heterocycles. The molecule has 0 aromatic heterocycles. The van der Waals surface area contributed by atoms with Crippen LogP contribution in [0.4, 0.5) is 8.78 Å². The topological polar surface area (TPSA) is 66.4 Å². The third kappa shape index (κ3) is 5.86. The molecule has 0 saturated heterocycles. The molecule has 30 heavy (non-hydrogen) atoms. The van der Waals surface area contributed by atoms with Crippen LogP contribution in [-0.4, -0.2) is 31.9 Å². The van der Waals surface area contributed by atoms with Crippen molar-refractivity contribution in [1.82, 2.24) is 5.32 Å². The maximum atomic E-state index is 13.3. The van der Waals surface area contributed by atoms with Crippen LogP contribution in [0.2, 0.25) is 0 Å². The van der Waals surface area contributed by atoms with Gasteiger partial charge in [0.1, 0.15) is 11.6 Å². The monoisotopic (exact) mass is 437 g/mol. The highest BCUT2D eigenvalue weighted by molar-refractivity contribution is 7.91. The second-order valence-corrected chi connectivity index (χ2v) is 10.6. The van der Waals surface area contributed by atoms with Crippen molar-refractivity contribution in [2.24, 2.45) is 5.92 Å². The molecule has 2 atom stereocenters. The molecule has 4 nitrogen and oxygen atoms in total. The van der Waals surface area contributed by atoms with Gasteiger partial charge in [0.05, 0.1) is 16.8 Å². The first-order chi connectivity index (χ1) is 14.1. The predicted octanol–water partition coefficient (Wildman–Crippen LogP) is 3.97. The SMILES string of the molecule is CC(C)Cc1ccc2c(c1)C(NCC(O)CCc1cc(F)cc(F)c1)CCS2(=O)=O. The third-order valence-electron chi connectivity index (χ3n) is 5.39. The Morgan fingerprint density at radius 2 is 1.80 bits per heavy atom. The number of aliphatic hydroxyl groups excluding tert-OH is 1. The predicted molar refractivity (Wildman–Crippen MR) is 113 cm³/mol. The van der Waals surface area contributed by atoms with Crippen molar-refractivity contribution in [3.05, 3.63) is 64.7 Å². The van der Waals surface area contributed by atoms with Crippen LogP contribution in [0.1, 0.15) is 49.4 Å². The van der Waals surface area contributed by atoms with Gasteiger partial charge in [0, 0.05) is 18.7 Å². The molecule has 0 spiro atoms. The zero-order chi connectivity index (χ0) is 21.9. The number of fused-ring (bicyclic) bond motifs is 1. The standard InChI is InChI=1S/C23H29F2NO3S/c1-15(2)9-16-4-6-23-21(12-16)22(7-8-30(23,28)29)26-14-20(27)5-3-17-10-18(24)13-19(25)11-17/h4,6,10-13,15,20,22,26-27H,3,5,7-9,14H2,1-2H3. The van der Waals surface area contributed by atoms with Crippen molar-refractivity contribution in [3.8, 4) is 0 Å². The van der Waals surface area contributed by atoms with Gasteiger partial charge < -0.3 is 10.4 Å². The van der Waals surface area contributed by atoms with Gasteiger partial charge in [-0.15, -0.1) is 0 Å². The number of aliphatic hydroxyl groups is 1. The molecular formula is C23H29F2NO3S. The summed E-state index contributed by atoms with van der Waals surface area (Å²) in [6, 6.07) is 8.74. The highest BCUT2D eigenvalue weighted by Gasteiger charge is 2.30. The molecule has 3 rings (SSSR count). The normalized spacial score (nSPS) is 18.9. The molecule has 7 heteroatoms. The number of hydrogen-bond donors (Lipinski definition) is 2. The van der Waals surface area contributed by atoms with Crippen molar-refractivity contribution >= 4 is 9.84 Å². The van der Waals surface area contributed by atoms with Gasteiger partial charge in [-0.3, -0.25) is 0 Å². The van der Waals surface area contributed by atoms with Gasteiger partial charge in [-0.25, -0.2) is 17.2 Å². The zero-order valence-electron chi connectivity index (χ0n) is 17.4. The van der Waals surface area contributed by atoms with Crippen LogP contribution in [0.5, 0.6) is 0 Å². The summed E-state index contributed by atoms with van der Waals surface area (Å²) in [6.45, 7) is 4.51. The average molecular weight is 438 g/mol. The maximum Gasteiger partial charge on any atom is 0.178 e. The summed E-state index contributed by atoms with van der Waals surface area (Å²) in [6.07, 6.45) is 1.30. The van der Waals surface area contributed by atoms with Crippen molar-refractivity contribution in [2.75, 3.05) is 12.3 Å². The van der Waals surface area contributed by atoms with Gasteiger partial charge >= 0.3 is 0 Å².